The number of aromatic nitrogens is 3. The maximum atomic E-state index is 12.1. The van der Waals surface area contributed by atoms with Crippen LogP contribution in [0.2, 0.25) is 5.02 Å². The largest absolute Gasteiger partial charge is 0.343 e. The first-order valence-corrected chi connectivity index (χ1v) is 10.8. The third kappa shape index (κ3) is 4.93. The molecule has 0 aliphatic heterocycles. The Morgan fingerprint density at radius 3 is 2.73 bits per heavy atom. The van der Waals surface area contributed by atoms with Crippen molar-refractivity contribution in [2.75, 3.05) is 11.9 Å². The molecule has 0 saturated carbocycles. The Hall–Kier alpha value is -3.01. The minimum absolute atomic E-state index is 0.161. The van der Waals surface area contributed by atoms with Gasteiger partial charge >= 0.3 is 0 Å². The van der Waals surface area contributed by atoms with E-state index >= 15 is 0 Å². The van der Waals surface area contributed by atoms with Crippen LogP contribution in [0.5, 0.6) is 0 Å². The van der Waals surface area contributed by atoms with Crippen molar-refractivity contribution < 1.29 is 9.59 Å². The maximum Gasteiger partial charge on any atom is 0.251 e. The first-order valence-electron chi connectivity index (χ1n) is 8.77. The number of nitrogens with zero attached hydrogens (tertiary/aromatic N) is 3. The third-order valence-electron chi connectivity index (χ3n) is 3.96. The van der Waals surface area contributed by atoms with Crippen molar-refractivity contribution in [1.82, 2.24) is 20.5 Å². The van der Waals surface area contributed by atoms with E-state index in [1.807, 2.05) is 24.3 Å². The molecule has 0 aliphatic carbocycles. The van der Waals surface area contributed by atoms with E-state index in [1.54, 1.807) is 36.5 Å². The molecule has 2 N–H and O–H groups in total. The quantitative estimate of drug-likeness (QED) is 0.422. The first-order chi connectivity index (χ1) is 14.6. The molecule has 30 heavy (non-hydrogen) atoms. The Morgan fingerprint density at radius 1 is 1.07 bits per heavy atom. The van der Waals surface area contributed by atoms with Crippen molar-refractivity contribution in [3.05, 3.63) is 71.4 Å². The van der Waals surface area contributed by atoms with Crippen LogP contribution in [0.3, 0.4) is 0 Å². The molecule has 0 unspecified atom stereocenters. The van der Waals surface area contributed by atoms with E-state index in [4.69, 9.17) is 11.6 Å². The molecule has 4 aromatic rings. The zero-order valence-corrected chi connectivity index (χ0v) is 17.7. The van der Waals surface area contributed by atoms with Gasteiger partial charge in [-0.05, 0) is 30.3 Å². The SMILES string of the molecule is O=C(CNC(=O)c1ccccc1)Nc1nnc(Sc2ccnc3cc(Cl)ccc23)s1. The Labute approximate surface area is 184 Å². The highest BCUT2D eigenvalue weighted by molar-refractivity contribution is 8.01. The van der Waals surface area contributed by atoms with Gasteiger partial charge in [0.2, 0.25) is 11.0 Å². The highest BCUT2D eigenvalue weighted by Gasteiger charge is 2.12. The van der Waals surface area contributed by atoms with Gasteiger partial charge in [-0.1, -0.05) is 59.0 Å². The number of carbonyl (C=O) groups excluding carboxylic acids is 2. The van der Waals surface area contributed by atoms with Gasteiger partial charge in [-0.2, -0.15) is 0 Å². The number of nitrogens with one attached hydrogen (secondary N) is 2. The molecule has 4 rings (SSSR count). The summed E-state index contributed by atoms with van der Waals surface area (Å²) in [6.45, 7) is -0.161. The van der Waals surface area contributed by atoms with Crippen LogP contribution in [-0.2, 0) is 4.79 Å². The average molecular weight is 456 g/mol. The van der Waals surface area contributed by atoms with Crippen LogP contribution >= 0.6 is 34.7 Å². The zero-order valence-electron chi connectivity index (χ0n) is 15.3. The number of carbonyl (C=O) groups is 2. The predicted molar refractivity (Wildman–Crippen MR) is 118 cm³/mol. The minimum atomic E-state index is -0.379. The van der Waals surface area contributed by atoms with E-state index in [0.717, 1.165) is 15.8 Å². The van der Waals surface area contributed by atoms with Gasteiger partial charge in [0, 0.05) is 27.1 Å². The highest BCUT2D eigenvalue weighted by atomic mass is 35.5. The lowest BCUT2D eigenvalue weighted by atomic mass is 10.2. The second-order valence-electron chi connectivity index (χ2n) is 6.04. The first kappa shape index (κ1) is 20.3. The van der Waals surface area contributed by atoms with Crippen LogP contribution in [-0.4, -0.2) is 33.5 Å². The van der Waals surface area contributed by atoms with E-state index < -0.39 is 0 Å². The molecular formula is C20H14ClN5O2S2. The highest BCUT2D eigenvalue weighted by Crippen LogP contribution is 2.36. The molecule has 0 bridgehead atoms. The molecule has 2 heterocycles. The molecule has 2 aromatic carbocycles. The molecule has 150 valence electrons. The molecule has 0 spiro atoms. The van der Waals surface area contributed by atoms with Crippen molar-refractivity contribution in [3.63, 3.8) is 0 Å². The molecule has 0 atom stereocenters. The van der Waals surface area contributed by atoms with Crippen molar-refractivity contribution in [2.45, 2.75) is 9.24 Å². The molecule has 0 saturated heterocycles. The van der Waals surface area contributed by atoms with Gasteiger partial charge in [0.05, 0.1) is 12.1 Å². The summed E-state index contributed by atoms with van der Waals surface area (Å²) in [6.07, 6.45) is 1.71. The number of benzene rings is 2. The fourth-order valence-electron chi connectivity index (χ4n) is 2.60. The predicted octanol–water partition coefficient (Wildman–Crippen LogP) is 4.26. The van der Waals surface area contributed by atoms with E-state index in [2.05, 4.69) is 25.8 Å². The minimum Gasteiger partial charge on any atom is -0.343 e. The summed E-state index contributed by atoms with van der Waals surface area (Å²) in [6, 6.07) is 16.1. The Kier molecular flexibility index (Phi) is 6.22. The fourth-order valence-corrected chi connectivity index (χ4v) is 4.61. The second kappa shape index (κ2) is 9.21. The summed E-state index contributed by atoms with van der Waals surface area (Å²) < 4.78 is 0.668. The topological polar surface area (TPSA) is 96.9 Å². The number of hydrogen-bond acceptors (Lipinski definition) is 7. The summed E-state index contributed by atoms with van der Waals surface area (Å²) in [7, 11) is 0. The molecular weight excluding hydrogens is 442 g/mol. The number of hydrogen-bond donors (Lipinski definition) is 2. The lowest BCUT2D eigenvalue weighted by molar-refractivity contribution is -0.115. The zero-order chi connectivity index (χ0) is 20.9. The smallest absolute Gasteiger partial charge is 0.251 e. The molecule has 0 fully saturated rings. The summed E-state index contributed by atoms with van der Waals surface area (Å²) in [5.74, 6) is -0.695. The van der Waals surface area contributed by atoms with Crippen LogP contribution in [0.25, 0.3) is 10.9 Å². The van der Waals surface area contributed by atoms with Crippen molar-refractivity contribution in [1.29, 1.82) is 0 Å². The number of pyridine rings is 1. The van der Waals surface area contributed by atoms with Gasteiger partial charge in [-0.15, -0.1) is 10.2 Å². The van der Waals surface area contributed by atoms with Crippen LogP contribution < -0.4 is 10.6 Å². The summed E-state index contributed by atoms with van der Waals surface area (Å²) in [4.78, 5) is 29.4. The molecule has 0 radical (unpaired) electrons. The molecule has 2 aromatic heterocycles. The van der Waals surface area contributed by atoms with Gasteiger partial charge in [-0.25, -0.2) is 0 Å². The Bertz CT molecular complexity index is 1220. The monoisotopic (exact) mass is 455 g/mol. The maximum absolute atomic E-state index is 12.1. The van der Waals surface area contributed by atoms with Crippen LogP contribution in [0.15, 0.2) is 70.0 Å². The molecule has 2 amide bonds. The van der Waals surface area contributed by atoms with E-state index in [9.17, 15) is 9.59 Å². The van der Waals surface area contributed by atoms with Crippen LogP contribution in [0, 0.1) is 0 Å². The molecule has 10 heteroatoms. The van der Waals surface area contributed by atoms with Crippen LogP contribution in [0.1, 0.15) is 10.4 Å². The van der Waals surface area contributed by atoms with E-state index in [1.165, 1.54) is 23.1 Å². The Morgan fingerprint density at radius 2 is 1.90 bits per heavy atom. The number of halogens is 1. The van der Waals surface area contributed by atoms with Crippen LogP contribution in [0.4, 0.5) is 5.13 Å². The Balaban J connectivity index is 1.36. The van der Waals surface area contributed by atoms with Gasteiger partial charge < -0.3 is 5.32 Å². The lowest BCUT2D eigenvalue weighted by Gasteiger charge is -2.04. The number of rotatable bonds is 6. The third-order valence-corrected chi connectivity index (χ3v) is 6.16. The van der Waals surface area contributed by atoms with E-state index in [0.29, 0.717) is 20.1 Å². The van der Waals surface area contributed by atoms with Crippen molar-refractivity contribution in [3.8, 4) is 0 Å². The summed E-state index contributed by atoms with van der Waals surface area (Å²) in [5, 5.41) is 15.3. The molecule has 0 aliphatic rings. The van der Waals surface area contributed by atoms with Gasteiger partial charge in [0.25, 0.3) is 5.91 Å². The van der Waals surface area contributed by atoms with Gasteiger partial charge in [0.1, 0.15) is 0 Å². The van der Waals surface area contributed by atoms with Gasteiger partial charge in [0.15, 0.2) is 4.34 Å². The van der Waals surface area contributed by atoms with E-state index in [-0.39, 0.29) is 18.4 Å². The number of anilines is 1. The standard InChI is InChI=1S/C20H14ClN5O2S2/c21-13-6-7-14-15(10-13)22-9-8-16(14)29-20-26-25-19(30-20)24-17(27)11-23-18(28)12-4-2-1-3-5-12/h1-10H,11H2,(H,23,28)(H,24,25,27). The number of amides is 2. The normalized spacial score (nSPS) is 10.7. The lowest BCUT2D eigenvalue weighted by Crippen LogP contribution is -2.32. The second-order valence-corrected chi connectivity index (χ2v) is 8.75. The fraction of sp³-hybridized carbons (Fsp3) is 0.0500. The number of fused-ring (bicyclic) bond motifs is 1. The average Bonchev–Trinajstić information content (AvgIpc) is 3.19. The van der Waals surface area contributed by atoms with Gasteiger partial charge in [-0.3, -0.25) is 19.9 Å². The van der Waals surface area contributed by atoms with Crippen molar-refractivity contribution in [2.24, 2.45) is 0 Å². The summed E-state index contributed by atoms with van der Waals surface area (Å²) >= 11 is 8.70. The summed E-state index contributed by atoms with van der Waals surface area (Å²) in [5.41, 5.74) is 1.28. The van der Waals surface area contributed by atoms with Crippen molar-refractivity contribution >= 4 is 62.5 Å². The molecule has 7 nitrogen and oxygen atoms in total.